The standard InChI is InChI=1S/C15H27NO3S/c1-14(2,3)19-13(18)16-11-15(5-4-12(16)10-17)6-8-20-9-7-15/h12,17H,4-11H2,1-3H3. The Morgan fingerprint density at radius 2 is 2.00 bits per heavy atom. The van der Waals surface area contributed by atoms with Gasteiger partial charge in [-0.1, -0.05) is 0 Å². The van der Waals surface area contributed by atoms with Crippen LogP contribution in [0, 0.1) is 5.41 Å². The van der Waals surface area contributed by atoms with E-state index in [-0.39, 0.29) is 24.2 Å². The molecule has 20 heavy (non-hydrogen) atoms. The molecule has 0 bridgehead atoms. The van der Waals surface area contributed by atoms with E-state index in [0.717, 1.165) is 19.4 Å². The van der Waals surface area contributed by atoms with Crippen molar-refractivity contribution in [2.45, 2.75) is 58.1 Å². The monoisotopic (exact) mass is 301 g/mol. The van der Waals surface area contributed by atoms with Crippen LogP contribution in [0.25, 0.3) is 0 Å². The van der Waals surface area contributed by atoms with Crippen LogP contribution >= 0.6 is 11.8 Å². The first-order valence-corrected chi connectivity index (χ1v) is 8.69. The van der Waals surface area contributed by atoms with Crippen molar-refractivity contribution in [3.8, 4) is 0 Å². The van der Waals surface area contributed by atoms with Gasteiger partial charge in [0.1, 0.15) is 5.60 Å². The Hall–Kier alpha value is -0.420. The molecule has 5 heteroatoms. The molecule has 2 rings (SSSR count). The fraction of sp³-hybridized carbons (Fsp3) is 0.933. The molecule has 1 atom stereocenters. The maximum absolute atomic E-state index is 12.4. The molecule has 0 aliphatic carbocycles. The second-order valence-electron chi connectivity index (χ2n) is 7.10. The number of hydrogen-bond donors (Lipinski definition) is 1. The van der Waals surface area contributed by atoms with Crippen molar-refractivity contribution in [1.82, 2.24) is 4.90 Å². The minimum Gasteiger partial charge on any atom is -0.444 e. The summed E-state index contributed by atoms with van der Waals surface area (Å²) in [4.78, 5) is 14.2. The summed E-state index contributed by atoms with van der Waals surface area (Å²) >= 11 is 2.00. The molecule has 1 amide bonds. The number of hydrogen-bond acceptors (Lipinski definition) is 4. The van der Waals surface area contributed by atoms with Gasteiger partial charge in [-0.05, 0) is 63.4 Å². The molecule has 2 heterocycles. The van der Waals surface area contributed by atoms with Crippen molar-refractivity contribution in [3.05, 3.63) is 0 Å². The van der Waals surface area contributed by atoms with Crippen LogP contribution in [-0.4, -0.2) is 52.4 Å². The smallest absolute Gasteiger partial charge is 0.410 e. The van der Waals surface area contributed by atoms with Gasteiger partial charge in [0.05, 0.1) is 12.6 Å². The summed E-state index contributed by atoms with van der Waals surface area (Å²) in [6, 6.07) is -0.0787. The largest absolute Gasteiger partial charge is 0.444 e. The van der Waals surface area contributed by atoms with Gasteiger partial charge in [0.25, 0.3) is 0 Å². The number of nitrogens with zero attached hydrogens (tertiary/aromatic N) is 1. The van der Waals surface area contributed by atoms with E-state index in [9.17, 15) is 9.90 Å². The lowest BCUT2D eigenvalue weighted by molar-refractivity contribution is -0.0257. The van der Waals surface area contributed by atoms with Crippen LogP contribution in [0.3, 0.4) is 0 Å². The summed E-state index contributed by atoms with van der Waals surface area (Å²) in [5.41, 5.74) is -0.224. The minimum absolute atomic E-state index is 0.0318. The number of carbonyl (C=O) groups is 1. The lowest BCUT2D eigenvalue weighted by Gasteiger charge is -2.48. The third-order valence-electron chi connectivity index (χ3n) is 4.35. The van der Waals surface area contributed by atoms with Gasteiger partial charge in [-0.15, -0.1) is 0 Å². The Morgan fingerprint density at radius 1 is 1.35 bits per heavy atom. The van der Waals surface area contributed by atoms with Crippen LogP contribution in [0.2, 0.25) is 0 Å². The molecule has 2 fully saturated rings. The highest BCUT2D eigenvalue weighted by molar-refractivity contribution is 7.99. The summed E-state index contributed by atoms with van der Waals surface area (Å²) in [5, 5.41) is 9.54. The van der Waals surface area contributed by atoms with Gasteiger partial charge < -0.3 is 14.7 Å². The van der Waals surface area contributed by atoms with Gasteiger partial charge >= 0.3 is 6.09 Å². The topological polar surface area (TPSA) is 49.8 Å². The summed E-state index contributed by atoms with van der Waals surface area (Å²) in [7, 11) is 0. The first-order valence-electron chi connectivity index (χ1n) is 7.53. The lowest BCUT2D eigenvalue weighted by atomic mass is 9.73. The Labute approximate surface area is 126 Å². The van der Waals surface area contributed by atoms with Crippen molar-refractivity contribution in [2.75, 3.05) is 24.7 Å². The van der Waals surface area contributed by atoms with Crippen LogP contribution < -0.4 is 0 Å². The zero-order valence-electron chi connectivity index (χ0n) is 12.9. The number of aliphatic hydroxyl groups is 1. The summed E-state index contributed by atoms with van der Waals surface area (Å²) in [6.07, 6.45) is 4.09. The van der Waals surface area contributed by atoms with Crippen molar-refractivity contribution >= 4 is 17.9 Å². The van der Waals surface area contributed by atoms with E-state index in [1.54, 1.807) is 4.90 Å². The van der Waals surface area contributed by atoms with Gasteiger partial charge in [0, 0.05) is 6.54 Å². The summed E-state index contributed by atoms with van der Waals surface area (Å²) in [5.74, 6) is 2.37. The molecule has 0 radical (unpaired) electrons. The number of likely N-dealkylation sites (tertiary alicyclic amines) is 1. The maximum Gasteiger partial charge on any atom is 0.410 e. The van der Waals surface area contributed by atoms with Crippen molar-refractivity contribution < 1.29 is 14.6 Å². The SMILES string of the molecule is CC(C)(C)OC(=O)N1CC2(CCSCC2)CCC1CO. The lowest BCUT2D eigenvalue weighted by Crippen LogP contribution is -2.54. The van der Waals surface area contributed by atoms with E-state index in [4.69, 9.17) is 4.74 Å². The number of carbonyl (C=O) groups excluding carboxylic acids is 1. The molecule has 0 aromatic carbocycles. The van der Waals surface area contributed by atoms with Gasteiger partial charge in [0.15, 0.2) is 0 Å². The molecule has 0 aromatic rings. The third-order valence-corrected chi connectivity index (χ3v) is 5.33. The molecule has 0 saturated carbocycles. The Kier molecular flexibility index (Phi) is 4.90. The number of rotatable bonds is 1. The molecule has 2 aliphatic rings. The molecule has 1 spiro atoms. The Morgan fingerprint density at radius 3 is 2.55 bits per heavy atom. The van der Waals surface area contributed by atoms with E-state index in [1.807, 2.05) is 32.5 Å². The maximum atomic E-state index is 12.4. The fourth-order valence-corrected chi connectivity index (χ4v) is 4.49. The van der Waals surface area contributed by atoms with Crippen molar-refractivity contribution in [1.29, 1.82) is 0 Å². The van der Waals surface area contributed by atoms with E-state index in [1.165, 1.54) is 24.3 Å². The predicted molar refractivity (Wildman–Crippen MR) is 82.0 cm³/mol. The van der Waals surface area contributed by atoms with Crippen LogP contribution in [0.4, 0.5) is 4.79 Å². The second kappa shape index (κ2) is 6.14. The quantitative estimate of drug-likeness (QED) is 0.809. The number of ether oxygens (including phenoxy) is 1. The molecule has 4 nitrogen and oxygen atoms in total. The number of piperidine rings is 1. The minimum atomic E-state index is -0.482. The highest BCUT2D eigenvalue weighted by atomic mass is 32.2. The van der Waals surface area contributed by atoms with Gasteiger partial charge in [0.2, 0.25) is 0 Å². The van der Waals surface area contributed by atoms with Crippen molar-refractivity contribution in [2.24, 2.45) is 5.41 Å². The van der Waals surface area contributed by atoms with E-state index < -0.39 is 5.60 Å². The Bertz CT molecular complexity index is 348. The zero-order chi connectivity index (χ0) is 14.8. The van der Waals surface area contributed by atoms with E-state index >= 15 is 0 Å². The van der Waals surface area contributed by atoms with Crippen LogP contribution in [0.5, 0.6) is 0 Å². The van der Waals surface area contributed by atoms with Gasteiger partial charge in [-0.3, -0.25) is 0 Å². The van der Waals surface area contributed by atoms with Crippen LogP contribution in [-0.2, 0) is 4.74 Å². The average Bonchev–Trinajstić information content (AvgIpc) is 2.38. The van der Waals surface area contributed by atoms with Crippen molar-refractivity contribution in [3.63, 3.8) is 0 Å². The molecule has 2 aliphatic heterocycles. The number of thioether (sulfide) groups is 1. The van der Waals surface area contributed by atoms with Gasteiger partial charge in [-0.2, -0.15) is 11.8 Å². The molecule has 1 N–H and O–H groups in total. The fourth-order valence-electron chi connectivity index (χ4n) is 3.13. The molecule has 2 saturated heterocycles. The highest BCUT2D eigenvalue weighted by Gasteiger charge is 2.43. The van der Waals surface area contributed by atoms with Gasteiger partial charge in [-0.25, -0.2) is 4.79 Å². The molecule has 116 valence electrons. The number of aliphatic hydroxyl groups excluding tert-OH is 1. The molecule has 0 aromatic heterocycles. The van der Waals surface area contributed by atoms with E-state index in [2.05, 4.69) is 0 Å². The first-order chi connectivity index (χ1) is 9.35. The normalized spacial score (nSPS) is 26.6. The second-order valence-corrected chi connectivity index (χ2v) is 8.32. The predicted octanol–water partition coefficient (Wildman–Crippen LogP) is 2.89. The third kappa shape index (κ3) is 3.82. The zero-order valence-corrected chi connectivity index (χ0v) is 13.7. The Balaban J connectivity index is 2.08. The number of amides is 1. The van der Waals surface area contributed by atoms with E-state index in [0.29, 0.717) is 0 Å². The molecule has 1 unspecified atom stereocenters. The molecular weight excluding hydrogens is 274 g/mol. The average molecular weight is 301 g/mol. The van der Waals surface area contributed by atoms with Crippen LogP contribution in [0.15, 0.2) is 0 Å². The first kappa shape index (κ1) is 16.0. The summed E-state index contributed by atoms with van der Waals surface area (Å²) < 4.78 is 5.51. The molecular formula is C15H27NO3S. The summed E-state index contributed by atoms with van der Waals surface area (Å²) in [6.45, 7) is 6.43. The van der Waals surface area contributed by atoms with Crippen LogP contribution in [0.1, 0.15) is 46.5 Å². The highest BCUT2D eigenvalue weighted by Crippen LogP contribution is 2.43.